The molecule has 0 aliphatic carbocycles. The summed E-state index contributed by atoms with van der Waals surface area (Å²) in [6.07, 6.45) is 0.0548. The zero-order chi connectivity index (χ0) is 12.4. The van der Waals surface area contributed by atoms with Gasteiger partial charge in [0, 0.05) is 26.1 Å². The quantitative estimate of drug-likeness (QED) is 0.530. The molecule has 0 radical (unpaired) electrons. The molecule has 6 heteroatoms. The van der Waals surface area contributed by atoms with Crippen molar-refractivity contribution in [2.24, 2.45) is 5.92 Å². The molecule has 0 aromatic rings. The summed E-state index contributed by atoms with van der Waals surface area (Å²) in [5.74, 6) is -0.929. The van der Waals surface area contributed by atoms with E-state index in [1.165, 1.54) is 0 Å². The fourth-order valence-corrected chi connectivity index (χ4v) is 1.08. The van der Waals surface area contributed by atoms with E-state index in [-0.39, 0.29) is 18.4 Å². The van der Waals surface area contributed by atoms with Crippen molar-refractivity contribution in [1.29, 1.82) is 0 Å². The van der Waals surface area contributed by atoms with Crippen molar-refractivity contribution in [2.45, 2.75) is 20.3 Å². The third-order valence-electron chi connectivity index (χ3n) is 1.87. The maximum atomic E-state index is 11.2. The highest BCUT2D eigenvalue weighted by molar-refractivity contribution is 5.73. The smallest absolute Gasteiger partial charge is 0.314 e. The number of nitrogens with one attached hydrogen (secondary N) is 2. The molecule has 6 nitrogen and oxygen atoms in total. The Morgan fingerprint density at radius 3 is 2.62 bits per heavy atom. The molecule has 1 unspecified atom stereocenters. The summed E-state index contributed by atoms with van der Waals surface area (Å²) in [5.41, 5.74) is 0. The van der Waals surface area contributed by atoms with Crippen LogP contribution in [0.1, 0.15) is 20.3 Å². The average Bonchev–Trinajstić information content (AvgIpc) is 2.20. The summed E-state index contributed by atoms with van der Waals surface area (Å²) < 4.78 is 5.04. The van der Waals surface area contributed by atoms with Crippen LogP contribution in [0.4, 0.5) is 4.79 Å². The van der Waals surface area contributed by atoms with E-state index in [4.69, 9.17) is 9.84 Å². The van der Waals surface area contributed by atoms with Crippen LogP contribution in [0.5, 0.6) is 0 Å². The summed E-state index contributed by atoms with van der Waals surface area (Å²) in [4.78, 5) is 21.5. The minimum atomic E-state index is -0.856. The third-order valence-corrected chi connectivity index (χ3v) is 1.87. The van der Waals surface area contributed by atoms with Gasteiger partial charge in [-0.15, -0.1) is 0 Å². The number of carboxylic acid groups (broad SMARTS) is 1. The SMILES string of the molecule is CCOCCNC(=O)NCC(C)CC(=O)O. The molecule has 0 saturated carbocycles. The minimum absolute atomic E-state index is 0.0548. The second-order valence-corrected chi connectivity index (χ2v) is 3.54. The third kappa shape index (κ3) is 9.26. The van der Waals surface area contributed by atoms with Crippen LogP contribution in [0.25, 0.3) is 0 Å². The highest BCUT2D eigenvalue weighted by Crippen LogP contribution is 1.98. The van der Waals surface area contributed by atoms with Crippen LogP contribution < -0.4 is 10.6 Å². The van der Waals surface area contributed by atoms with Gasteiger partial charge in [0.25, 0.3) is 0 Å². The Balaban J connectivity index is 3.45. The van der Waals surface area contributed by atoms with E-state index < -0.39 is 5.97 Å². The molecule has 0 heterocycles. The lowest BCUT2D eigenvalue weighted by molar-refractivity contribution is -0.137. The van der Waals surface area contributed by atoms with E-state index in [0.717, 1.165) is 0 Å². The first-order valence-electron chi connectivity index (χ1n) is 5.37. The van der Waals surface area contributed by atoms with Gasteiger partial charge in [-0.25, -0.2) is 4.79 Å². The van der Waals surface area contributed by atoms with Gasteiger partial charge in [0.1, 0.15) is 0 Å². The van der Waals surface area contributed by atoms with Gasteiger partial charge in [0.2, 0.25) is 0 Å². The molecular weight excluding hydrogens is 212 g/mol. The Bertz CT molecular complexity index is 221. The van der Waals surface area contributed by atoms with Crippen LogP contribution in [0.2, 0.25) is 0 Å². The fraction of sp³-hybridized carbons (Fsp3) is 0.800. The number of carbonyl (C=O) groups is 2. The Hall–Kier alpha value is -1.30. The lowest BCUT2D eigenvalue weighted by Crippen LogP contribution is -2.39. The molecule has 0 bridgehead atoms. The predicted molar refractivity (Wildman–Crippen MR) is 59.3 cm³/mol. The lowest BCUT2D eigenvalue weighted by atomic mass is 10.1. The van der Waals surface area contributed by atoms with Crippen LogP contribution in [-0.2, 0) is 9.53 Å². The van der Waals surface area contributed by atoms with Crippen molar-refractivity contribution in [3.05, 3.63) is 0 Å². The van der Waals surface area contributed by atoms with Gasteiger partial charge in [-0.1, -0.05) is 6.92 Å². The van der Waals surface area contributed by atoms with Crippen LogP contribution in [0.3, 0.4) is 0 Å². The molecule has 0 fully saturated rings. The monoisotopic (exact) mass is 232 g/mol. The van der Waals surface area contributed by atoms with Gasteiger partial charge in [-0.2, -0.15) is 0 Å². The van der Waals surface area contributed by atoms with Crippen LogP contribution in [-0.4, -0.2) is 43.4 Å². The number of amides is 2. The molecule has 0 aliphatic rings. The number of rotatable bonds is 8. The van der Waals surface area contributed by atoms with Gasteiger partial charge in [0.05, 0.1) is 6.61 Å². The molecular formula is C10H20N2O4. The predicted octanol–water partition coefficient (Wildman–Crippen LogP) is 0.433. The molecule has 0 aromatic heterocycles. The molecule has 3 N–H and O–H groups in total. The zero-order valence-electron chi connectivity index (χ0n) is 9.78. The van der Waals surface area contributed by atoms with Gasteiger partial charge >= 0.3 is 12.0 Å². The normalized spacial score (nSPS) is 11.9. The van der Waals surface area contributed by atoms with E-state index in [1.54, 1.807) is 6.92 Å². The highest BCUT2D eigenvalue weighted by Gasteiger charge is 2.08. The number of aliphatic carboxylic acids is 1. The first-order valence-corrected chi connectivity index (χ1v) is 5.37. The maximum absolute atomic E-state index is 11.2. The summed E-state index contributed by atoms with van der Waals surface area (Å²) in [6.45, 7) is 5.57. The molecule has 0 aromatic carbocycles. The van der Waals surface area contributed by atoms with E-state index in [0.29, 0.717) is 26.3 Å². The van der Waals surface area contributed by atoms with Crippen LogP contribution >= 0.6 is 0 Å². The summed E-state index contributed by atoms with van der Waals surface area (Å²) >= 11 is 0. The van der Waals surface area contributed by atoms with E-state index >= 15 is 0 Å². The number of urea groups is 1. The first-order chi connectivity index (χ1) is 7.56. The van der Waals surface area contributed by atoms with Crippen molar-refractivity contribution >= 4 is 12.0 Å². The standard InChI is InChI=1S/C10H20N2O4/c1-3-16-5-4-11-10(15)12-7-8(2)6-9(13)14/h8H,3-7H2,1-2H3,(H,13,14)(H2,11,12,15). The van der Waals surface area contributed by atoms with Crippen molar-refractivity contribution in [3.63, 3.8) is 0 Å². The number of hydrogen-bond donors (Lipinski definition) is 3. The molecule has 16 heavy (non-hydrogen) atoms. The Labute approximate surface area is 95.4 Å². The highest BCUT2D eigenvalue weighted by atomic mass is 16.5. The first kappa shape index (κ1) is 14.7. The average molecular weight is 232 g/mol. The van der Waals surface area contributed by atoms with Gasteiger partial charge in [-0.3, -0.25) is 4.79 Å². The number of ether oxygens (including phenoxy) is 1. The molecule has 0 rings (SSSR count). The van der Waals surface area contributed by atoms with Crippen molar-refractivity contribution < 1.29 is 19.4 Å². The van der Waals surface area contributed by atoms with Crippen molar-refractivity contribution in [2.75, 3.05) is 26.3 Å². The second-order valence-electron chi connectivity index (χ2n) is 3.54. The molecule has 0 saturated heterocycles. The van der Waals surface area contributed by atoms with E-state index in [1.807, 2.05) is 6.92 Å². The largest absolute Gasteiger partial charge is 0.481 e. The summed E-state index contributed by atoms with van der Waals surface area (Å²) in [5, 5.41) is 13.7. The Morgan fingerprint density at radius 1 is 1.38 bits per heavy atom. The number of hydrogen-bond acceptors (Lipinski definition) is 3. The molecule has 94 valence electrons. The maximum Gasteiger partial charge on any atom is 0.314 e. The van der Waals surface area contributed by atoms with E-state index in [2.05, 4.69) is 10.6 Å². The van der Waals surface area contributed by atoms with Gasteiger partial charge in [-0.05, 0) is 12.8 Å². The topological polar surface area (TPSA) is 87.7 Å². The lowest BCUT2D eigenvalue weighted by Gasteiger charge is -2.11. The Kier molecular flexibility index (Phi) is 8.24. The van der Waals surface area contributed by atoms with Crippen LogP contribution in [0, 0.1) is 5.92 Å². The summed E-state index contributed by atoms with van der Waals surface area (Å²) in [7, 11) is 0. The van der Waals surface area contributed by atoms with Crippen LogP contribution in [0.15, 0.2) is 0 Å². The van der Waals surface area contributed by atoms with Crippen molar-refractivity contribution in [3.8, 4) is 0 Å². The molecule has 1 atom stereocenters. The van der Waals surface area contributed by atoms with Crippen molar-refractivity contribution in [1.82, 2.24) is 10.6 Å². The molecule has 0 aliphatic heterocycles. The summed E-state index contributed by atoms with van der Waals surface area (Å²) in [6, 6.07) is -0.294. The minimum Gasteiger partial charge on any atom is -0.481 e. The van der Waals surface area contributed by atoms with E-state index in [9.17, 15) is 9.59 Å². The second kappa shape index (κ2) is 8.96. The fourth-order valence-electron chi connectivity index (χ4n) is 1.08. The number of carboxylic acids is 1. The van der Waals surface area contributed by atoms with Gasteiger partial charge < -0.3 is 20.5 Å². The Morgan fingerprint density at radius 2 is 2.06 bits per heavy atom. The van der Waals surface area contributed by atoms with Gasteiger partial charge in [0.15, 0.2) is 0 Å². The zero-order valence-corrected chi connectivity index (χ0v) is 9.78. The molecule has 2 amide bonds. The number of carbonyl (C=O) groups excluding carboxylic acids is 1. The molecule has 0 spiro atoms.